The normalized spacial score (nSPS) is 13.2. The monoisotopic (exact) mass is 413 g/mol. The second-order valence-electron chi connectivity index (χ2n) is 8.05. The first kappa shape index (κ1) is 19.5. The fourth-order valence-electron chi connectivity index (χ4n) is 4.15. The minimum absolute atomic E-state index is 0.618. The van der Waals surface area contributed by atoms with Gasteiger partial charge in [-0.25, -0.2) is 4.98 Å². The van der Waals surface area contributed by atoms with Crippen molar-refractivity contribution < 1.29 is 4.74 Å². The van der Waals surface area contributed by atoms with E-state index in [-0.39, 0.29) is 0 Å². The molecule has 0 fully saturated rings. The Balaban J connectivity index is 1.58. The van der Waals surface area contributed by atoms with Crippen LogP contribution in [0, 0.1) is 6.92 Å². The van der Waals surface area contributed by atoms with Gasteiger partial charge in [-0.3, -0.25) is 0 Å². The van der Waals surface area contributed by atoms with Crippen molar-refractivity contribution in [3.63, 3.8) is 0 Å². The molecule has 31 heavy (non-hydrogen) atoms. The number of ether oxygens (including phenoxy) is 1. The van der Waals surface area contributed by atoms with Crippen molar-refractivity contribution in [2.45, 2.75) is 46.0 Å². The summed E-state index contributed by atoms with van der Waals surface area (Å²) in [6.07, 6.45) is 4.98. The number of hydrogen-bond donors (Lipinski definition) is 1. The van der Waals surface area contributed by atoms with E-state index < -0.39 is 0 Å². The van der Waals surface area contributed by atoms with Crippen molar-refractivity contribution >= 4 is 17.3 Å². The van der Waals surface area contributed by atoms with E-state index >= 15 is 0 Å². The number of nitrogens with zero attached hydrogens (tertiary/aromatic N) is 4. The van der Waals surface area contributed by atoms with E-state index in [2.05, 4.69) is 36.5 Å². The third kappa shape index (κ3) is 3.98. The van der Waals surface area contributed by atoms with Crippen LogP contribution in [0.1, 0.15) is 48.0 Å². The van der Waals surface area contributed by atoms with Gasteiger partial charge in [0.25, 0.3) is 5.78 Å². The average molecular weight is 414 g/mol. The lowest BCUT2D eigenvalue weighted by molar-refractivity contribution is 0.342. The lowest BCUT2D eigenvalue weighted by atomic mass is 9.96. The van der Waals surface area contributed by atoms with Gasteiger partial charge in [0.1, 0.15) is 11.6 Å². The largest absolute Gasteiger partial charge is 0.492 e. The number of aryl methyl sites for hydroxylation is 2. The minimum atomic E-state index is 0.618. The molecule has 0 radical (unpaired) electrons. The summed E-state index contributed by atoms with van der Waals surface area (Å²) in [7, 11) is 0. The number of aromatic nitrogens is 4. The van der Waals surface area contributed by atoms with E-state index in [4.69, 9.17) is 19.8 Å². The van der Waals surface area contributed by atoms with E-state index in [9.17, 15) is 0 Å². The smallest absolute Gasteiger partial charge is 0.254 e. The number of fused-ring (bicyclic) bond motifs is 2. The molecule has 0 atom stereocenters. The Bertz CT molecular complexity index is 1210. The zero-order valence-corrected chi connectivity index (χ0v) is 18.1. The van der Waals surface area contributed by atoms with Gasteiger partial charge in [0, 0.05) is 12.0 Å². The van der Waals surface area contributed by atoms with Crippen LogP contribution in [0.3, 0.4) is 0 Å². The van der Waals surface area contributed by atoms with E-state index in [1.54, 1.807) is 0 Å². The molecule has 1 aliphatic carbocycles. The Morgan fingerprint density at radius 1 is 1.00 bits per heavy atom. The number of hydrogen-bond acceptors (Lipinski definition) is 5. The predicted octanol–water partition coefficient (Wildman–Crippen LogP) is 5.04. The van der Waals surface area contributed by atoms with Crippen molar-refractivity contribution in [1.82, 2.24) is 19.6 Å². The molecule has 0 unspecified atom stereocenters. The first-order valence-electron chi connectivity index (χ1n) is 11.0. The molecule has 158 valence electrons. The molecule has 6 nitrogen and oxygen atoms in total. The van der Waals surface area contributed by atoms with Gasteiger partial charge in [0.2, 0.25) is 0 Å². The third-order valence-electron chi connectivity index (χ3n) is 5.73. The van der Waals surface area contributed by atoms with Gasteiger partial charge in [-0.2, -0.15) is 9.50 Å². The predicted molar refractivity (Wildman–Crippen MR) is 122 cm³/mol. The van der Waals surface area contributed by atoms with E-state index in [1.807, 2.05) is 35.7 Å². The van der Waals surface area contributed by atoms with Crippen LogP contribution in [0.15, 0.2) is 48.5 Å². The highest BCUT2D eigenvalue weighted by molar-refractivity contribution is 5.68. The number of para-hydroxylation sites is 2. The van der Waals surface area contributed by atoms with Crippen LogP contribution >= 0.6 is 0 Å². The third-order valence-corrected chi connectivity index (χ3v) is 5.73. The SMILES string of the molecule is CCOc1ccccc1Nc1c2c(nc3nc(Cc4ccc(C)cc4)nn13)CCCC2. The summed E-state index contributed by atoms with van der Waals surface area (Å²) >= 11 is 0. The molecule has 4 aromatic rings. The molecule has 2 aromatic carbocycles. The summed E-state index contributed by atoms with van der Waals surface area (Å²) in [4.78, 5) is 9.64. The average Bonchev–Trinajstić information content (AvgIpc) is 3.19. The standard InChI is InChI=1S/C25H27N5O/c1-3-31-22-11-7-6-10-21(22)26-24-19-8-4-5-9-20(19)27-25-28-23(29-30(24)25)16-18-14-12-17(2)13-15-18/h6-7,10-15,26H,3-5,8-9,16H2,1-2H3. The molecule has 2 heterocycles. The highest BCUT2D eigenvalue weighted by atomic mass is 16.5. The number of rotatable bonds is 6. The molecule has 0 saturated heterocycles. The maximum absolute atomic E-state index is 5.84. The van der Waals surface area contributed by atoms with Crippen molar-refractivity contribution in [2.24, 2.45) is 0 Å². The Kier molecular flexibility index (Phi) is 5.28. The highest BCUT2D eigenvalue weighted by Gasteiger charge is 2.21. The summed E-state index contributed by atoms with van der Waals surface area (Å²) in [5, 5.41) is 8.46. The second kappa shape index (κ2) is 8.38. The van der Waals surface area contributed by atoms with Gasteiger partial charge in [0.05, 0.1) is 18.0 Å². The van der Waals surface area contributed by atoms with Crippen LogP contribution in [0.4, 0.5) is 11.5 Å². The van der Waals surface area contributed by atoms with Crippen molar-refractivity contribution in [3.05, 3.63) is 76.7 Å². The molecule has 6 heteroatoms. The Morgan fingerprint density at radius 2 is 1.81 bits per heavy atom. The zero-order chi connectivity index (χ0) is 21.2. The fraction of sp³-hybridized carbons (Fsp3) is 0.320. The number of nitrogens with one attached hydrogen (secondary N) is 1. The molecule has 0 amide bonds. The van der Waals surface area contributed by atoms with E-state index in [0.29, 0.717) is 18.8 Å². The Labute approximate surface area is 182 Å². The first-order chi connectivity index (χ1) is 15.2. The first-order valence-corrected chi connectivity index (χ1v) is 11.0. The molecule has 1 aliphatic rings. The summed E-state index contributed by atoms with van der Waals surface area (Å²) in [5.41, 5.74) is 5.74. The van der Waals surface area contributed by atoms with Crippen LogP contribution in [0.25, 0.3) is 5.78 Å². The molecule has 0 bridgehead atoms. The number of benzene rings is 2. The topological polar surface area (TPSA) is 64.3 Å². The van der Waals surface area contributed by atoms with Gasteiger partial charge in [0.15, 0.2) is 5.82 Å². The molecule has 0 saturated carbocycles. The molecular weight excluding hydrogens is 386 g/mol. The molecule has 2 aromatic heterocycles. The van der Waals surface area contributed by atoms with Gasteiger partial charge < -0.3 is 10.1 Å². The molecule has 5 rings (SSSR count). The van der Waals surface area contributed by atoms with Crippen molar-refractivity contribution in [2.75, 3.05) is 11.9 Å². The molecule has 0 spiro atoms. The summed E-state index contributed by atoms with van der Waals surface area (Å²) in [5.74, 6) is 3.22. The number of anilines is 2. The lowest BCUT2D eigenvalue weighted by Gasteiger charge is -2.20. The van der Waals surface area contributed by atoms with Gasteiger partial charge in [-0.1, -0.05) is 42.0 Å². The maximum Gasteiger partial charge on any atom is 0.254 e. The van der Waals surface area contributed by atoms with Crippen LogP contribution < -0.4 is 10.1 Å². The van der Waals surface area contributed by atoms with E-state index in [1.165, 1.54) is 16.7 Å². The van der Waals surface area contributed by atoms with Crippen LogP contribution in [-0.4, -0.2) is 26.2 Å². The van der Waals surface area contributed by atoms with Gasteiger partial charge in [-0.15, -0.1) is 5.10 Å². The fourth-order valence-corrected chi connectivity index (χ4v) is 4.15. The summed E-state index contributed by atoms with van der Waals surface area (Å²) in [6.45, 7) is 4.71. The summed E-state index contributed by atoms with van der Waals surface area (Å²) < 4.78 is 7.71. The zero-order valence-electron chi connectivity index (χ0n) is 18.1. The second-order valence-corrected chi connectivity index (χ2v) is 8.05. The Morgan fingerprint density at radius 3 is 2.65 bits per heavy atom. The van der Waals surface area contributed by atoms with Crippen molar-refractivity contribution in [1.29, 1.82) is 0 Å². The maximum atomic E-state index is 5.84. The molecule has 0 aliphatic heterocycles. The Hall–Kier alpha value is -3.41. The van der Waals surface area contributed by atoms with Crippen LogP contribution in [-0.2, 0) is 19.3 Å². The van der Waals surface area contributed by atoms with Gasteiger partial charge in [-0.05, 0) is 57.2 Å². The minimum Gasteiger partial charge on any atom is -0.492 e. The quantitative estimate of drug-likeness (QED) is 0.479. The summed E-state index contributed by atoms with van der Waals surface area (Å²) in [6, 6.07) is 16.5. The highest BCUT2D eigenvalue weighted by Crippen LogP contribution is 2.33. The van der Waals surface area contributed by atoms with Crippen LogP contribution in [0.5, 0.6) is 5.75 Å². The lowest BCUT2D eigenvalue weighted by Crippen LogP contribution is -2.14. The van der Waals surface area contributed by atoms with Gasteiger partial charge >= 0.3 is 0 Å². The molecule has 1 N–H and O–H groups in total. The van der Waals surface area contributed by atoms with Crippen molar-refractivity contribution in [3.8, 4) is 5.75 Å². The van der Waals surface area contributed by atoms with E-state index in [0.717, 1.165) is 54.5 Å². The van der Waals surface area contributed by atoms with Crippen LogP contribution in [0.2, 0.25) is 0 Å². The molecular formula is C25H27N5O.